The number of likely N-dealkylation sites (tertiary alicyclic amines) is 1. The van der Waals surface area contributed by atoms with Crippen LogP contribution in [0.1, 0.15) is 50.9 Å². The number of hydrogen-bond acceptors (Lipinski definition) is 5. The monoisotopic (exact) mass is 337 g/mol. The van der Waals surface area contributed by atoms with Crippen LogP contribution in [0.25, 0.3) is 0 Å². The molecule has 1 atom stereocenters. The van der Waals surface area contributed by atoms with Gasteiger partial charge in [-0.25, -0.2) is 14.8 Å². The zero-order chi connectivity index (χ0) is 17.0. The number of rotatable bonds is 4. The zero-order valence-electron chi connectivity index (χ0n) is 14.5. The Bertz CT molecular complexity index is 526. The third-order valence-electron chi connectivity index (χ3n) is 4.83. The fourth-order valence-electron chi connectivity index (χ4n) is 2.46. The average molecular weight is 337 g/mol. The summed E-state index contributed by atoms with van der Waals surface area (Å²) in [5, 5.41) is 8.99. The minimum Gasteiger partial charge on any atom is -0.443 e. The van der Waals surface area contributed by atoms with E-state index < -0.39 is 5.60 Å². The number of nitrogens with zero attached hydrogens (tertiary/aromatic N) is 3. The minimum absolute atomic E-state index is 0.140. The van der Waals surface area contributed by atoms with Gasteiger partial charge in [0.25, 0.3) is 0 Å². The Labute approximate surface area is 140 Å². The third-order valence-corrected chi connectivity index (χ3v) is 6.22. The molecule has 6 nitrogen and oxygen atoms in total. The van der Waals surface area contributed by atoms with Gasteiger partial charge in [-0.2, -0.15) is 0 Å². The first-order valence-electron chi connectivity index (χ1n) is 8.23. The molecule has 1 fully saturated rings. The van der Waals surface area contributed by atoms with Crippen LogP contribution >= 0.6 is 0 Å². The normalized spacial score (nSPS) is 18.0. The molecule has 0 saturated carbocycles. The first kappa shape index (κ1) is 17.9. The van der Waals surface area contributed by atoms with E-state index >= 15 is 0 Å². The van der Waals surface area contributed by atoms with Gasteiger partial charge in [-0.3, -0.25) is 0 Å². The molecule has 0 spiro atoms. The van der Waals surface area contributed by atoms with E-state index in [1.165, 1.54) is 0 Å². The summed E-state index contributed by atoms with van der Waals surface area (Å²) in [6, 6.07) is 0. The highest BCUT2D eigenvalue weighted by Crippen LogP contribution is 2.29. The third kappa shape index (κ3) is 4.51. The van der Waals surface area contributed by atoms with Gasteiger partial charge in [0, 0.05) is 35.7 Å². The maximum Gasteiger partial charge on any atom is 0.410 e. The van der Waals surface area contributed by atoms with Crippen LogP contribution in [0.5, 0.6) is 0 Å². The van der Waals surface area contributed by atoms with Crippen molar-refractivity contribution in [1.82, 2.24) is 14.9 Å². The van der Waals surface area contributed by atoms with E-state index in [9.17, 15) is 4.79 Å². The standard InChI is InChI=1S/C16H27N3O3Si/c1-11(23)16(2,3)22-15(21)19-6-4-12(5-7-19)13-8-17-14(10-20)18-9-13/h8-9,11-12,20H,4-7,10H2,1-3,23H3. The van der Waals surface area contributed by atoms with E-state index in [4.69, 9.17) is 9.84 Å². The zero-order valence-corrected chi connectivity index (χ0v) is 16.5. The summed E-state index contributed by atoms with van der Waals surface area (Å²) in [4.78, 5) is 22.4. The average Bonchev–Trinajstić information content (AvgIpc) is 2.54. The highest BCUT2D eigenvalue weighted by Gasteiger charge is 2.31. The Hall–Kier alpha value is -1.47. The first-order chi connectivity index (χ1) is 10.8. The molecule has 0 bridgehead atoms. The fourth-order valence-corrected chi connectivity index (χ4v) is 2.58. The molecule has 0 aliphatic carbocycles. The van der Waals surface area contributed by atoms with Gasteiger partial charge in [0.2, 0.25) is 0 Å². The summed E-state index contributed by atoms with van der Waals surface area (Å²) in [6.07, 6.45) is 5.12. The lowest BCUT2D eigenvalue weighted by atomic mass is 9.91. The number of hydrogen-bond donors (Lipinski definition) is 1. The van der Waals surface area contributed by atoms with Gasteiger partial charge in [0.05, 0.1) is 0 Å². The number of carbonyl (C=O) groups excluding carboxylic acids is 1. The van der Waals surface area contributed by atoms with Crippen molar-refractivity contribution in [1.29, 1.82) is 0 Å². The highest BCUT2D eigenvalue weighted by molar-refractivity contribution is 6.12. The lowest BCUT2D eigenvalue weighted by Gasteiger charge is -2.36. The predicted molar refractivity (Wildman–Crippen MR) is 91.4 cm³/mol. The van der Waals surface area contributed by atoms with Crippen molar-refractivity contribution in [3.8, 4) is 0 Å². The Morgan fingerprint density at radius 1 is 1.43 bits per heavy atom. The summed E-state index contributed by atoms with van der Waals surface area (Å²) in [7, 11) is 0.998. The molecular formula is C16H27N3O3Si. The largest absolute Gasteiger partial charge is 0.443 e. The minimum atomic E-state index is -0.395. The molecule has 7 heteroatoms. The number of carbonyl (C=O) groups is 1. The Kier molecular flexibility index (Phi) is 5.75. The van der Waals surface area contributed by atoms with Crippen molar-refractivity contribution in [2.45, 2.75) is 57.3 Å². The van der Waals surface area contributed by atoms with Crippen molar-refractivity contribution in [3.05, 3.63) is 23.8 Å². The van der Waals surface area contributed by atoms with Gasteiger partial charge in [-0.1, -0.05) is 6.92 Å². The van der Waals surface area contributed by atoms with E-state index in [1.54, 1.807) is 17.3 Å². The van der Waals surface area contributed by atoms with E-state index in [0.717, 1.165) is 28.6 Å². The fraction of sp³-hybridized carbons (Fsp3) is 0.688. The van der Waals surface area contributed by atoms with E-state index in [1.807, 2.05) is 13.8 Å². The summed E-state index contributed by atoms with van der Waals surface area (Å²) < 4.78 is 5.68. The van der Waals surface area contributed by atoms with E-state index in [-0.39, 0.29) is 12.7 Å². The van der Waals surface area contributed by atoms with Crippen molar-refractivity contribution in [3.63, 3.8) is 0 Å². The van der Waals surface area contributed by atoms with Crippen LogP contribution in [0.15, 0.2) is 12.4 Å². The number of piperidine rings is 1. The van der Waals surface area contributed by atoms with E-state index in [0.29, 0.717) is 30.4 Å². The number of amides is 1. The molecule has 128 valence electrons. The Morgan fingerprint density at radius 3 is 2.48 bits per heavy atom. The summed E-state index contributed by atoms with van der Waals surface area (Å²) >= 11 is 0. The van der Waals surface area contributed by atoms with Gasteiger partial charge >= 0.3 is 6.09 Å². The molecular weight excluding hydrogens is 310 g/mol. The van der Waals surface area contributed by atoms with Crippen LogP contribution in [0.3, 0.4) is 0 Å². The van der Waals surface area contributed by atoms with E-state index in [2.05, 4.69) is 16.9 Å². The maximum absolute atomic E-state index is 12.3. The lowest BCUT2D eigenvalue weighted by Crippen LogP contribution is -2.43. The lowest BCUT2D eigenvalue weighted by molar-refractivity contribution is 0.00807. The molecule has 2 rings (SSSR count). The molecule has 23 heavy (non-hydrogen) atoms. The van der Waals surface area contributed by atoms with Gasteiger partial charge in [0.1, 0.15) is 12.2 Å². The van der Waals surface area contributed by atoms with Crippen LogP contribution in [0.2, 0.25) is 5.54 Å². The Balaban J connectivity index is 1.89. The Morgan fingerprint density at radius 2 is 2.00 bits per heavy atom. The summed E-state index contributed by atoms with van der Waals surface area (Å²) in [5.41, 5.74) is 1.09. The molecule has 0 aromatic carbocycles. The van der Waals surface area contributed by atoms with Gasteiger partial charge in [0.15, 0.2) is 5.82 Å². The van der Waals surface area contributed by atoms with Gasteiger partial charge in [-0.15, -0.1) is 0 Å². The molecule has 1 saturated heterocycles. The predicted octanol–water partition coefficient (Wildman–Crippen LogP) is 1.24. The van der Waals surface area contributed by atoms with Crippen LogP contribution in [0.4, 0.5) is 4.79 Å². The number of aliphatic hydroxyl groups is 1. The molecule has 1 unspecified atom stereocenters. The second-order valence-corrected chi connectivity index (χ2v) is 8.71. The smallest absolute Gasteiger partial charge is 0.410 e. The molecule has 1 aromatic rings. The molecule has 2 heterocycles. The molecule has 1 aromatic heterocycles. The second-order valence-electron chi connectivity index (χ2n) is 6.98. The number of aromatic nitrogens is 2. The van der Waals surface area contributed by atoms with Crippen LogP contribution < -0.4 is 0 Å². The van der Waals surface area contributed by atoms with Crippen molar-refractivity contribution < 1.29 is 14.6 Å². The molecule has 1 aliphatic heterocycles. The van der Waals surface area contributed by atoms with Gasteiger partial charge in [-0.05, 0) is 43.7 Å². The van der Waals surface area contributed by atoms with Crippen molar-refractivity contribution in [2.75, 3.05) is 13.1 Å². The quantitative estimate of drug-likeness (QED) is 0.837. The summed E-state index contributed by atoms with van der Waals surface area (Å²) in [5.74, 6) is 0.798. The number of ether oxygens (including phenoxy) is 1. The van der Waals surface area contributed by atoms with Crippen molar-refractivity contribution >= 4 is 16.3 Å². The molecule has 0 radical (unpaired) electrons. The van der Waals surface area contributed by atoms with Crippen LogP contribution in [0, 0.1) is 0 Å². The summed E-state index contributed by atoms with van der Waals surface area (Å²) in [6.45, 7) is 7.32. The SMILES string of the molecule is CC([SiH3])C(C)(C)OC(=O)N1CCC(c2cnc(CO)nc2)CC1. The van der Waals surface area contributed by atoms with Crippen molar-refractivity contribution in [2.24, 2.45) is 0 Å². The first-order valence-corrected chi connectivity index (χ1v) is 9.38. The molecule has 1 N–H and O–H groups in total. The second kappa shape index (κ2) is 7.40. The highest BCUT2D eigenvalue weighted by atomic mass is 28.1. The van der Waals surface area contributed by atoms with Gasteiger partial charge < -0.3 is 14.7 Å². The molecule has 1 aliphatic rings. The maximum atomic E-state index is 12.3. The molecule has 1 amide bonds. The number of aliphatic hydroxyl groups excluding tert-OH is 1. The topological polar surface area (TPSA) is 75.5 Å². The van der Waals surface area contributed by atoms with Crippen LogP contribution in [-0.4, -0.2) is 55.0 Å². The van der Waals surface area contributed by atoms with Crippen LogP contribution in [-0.2, 0) is 11.3 Å².